The van der Waals surface area contributed by atoms with Gasteiger partial charge in [0, 0.05) is 19.1 Å². The maximum atomic E-state index is 13.0. The molecule has 4 heteroatoms. The molecule has 1 atom stereocenters. The Morgan fingerprint density at radius 3 is 2.65 bits per heavy atom. The zero-order valence-electron chi connectivity index (χ0n) is 11.5. The summed E-state index contributed by atoms with van der Waals surface area (Å²) >= 11 is 0. The summed E-state index contributed by atoms with van der Waals surface area (Å²) in [5.41, 5.74) is 0.498. The third-order valence-corrected chi connectivity index (χ3v) is 4.61. The molecule has 20 heavy (non-hydrogen) atoms. The summed E-state index contributed by atoms with van der Waals surface area (Å²) in [4.78, 5) is 12.5. The number of benzene rings is 1. The quantitative estimate of drug-likeness (QED) is 0.917. The van der Waals surface area contributed by atoms with E-state index in [0.29, 0.717) is 12.5 Å². The molecule has 1 saturated carbocycles. The zero-order valence-corrected chi connectivity index (χ0v) is 11.5. The first kappa shape index (κ1) is 13.6. The van der Waals surface area contributed by atoms with Crippen molar-refractivity contribution in [1.29, 1.82) is 0 Å². The highest BCUT2D eigenvalue weighted by molar-refractivity contribution is 5.89. The van der Waals surface area contributed by atoms with Gasteiger partial charge in [0.05, 0.1) is 12.0 Å². The van der Waals surface area contributed by atoms with Crippen molar-refractivity contribution >= 4 is 5.91 Å². The molecule has 108 valence electrons. The van der Waals surface area contributed by atoms with Crippen molar-refractivity contribution in [3.8, 4) is 0 Å². The molecule has 3 rings (SSSR count). The Morgan fingerprint density at radius 2 is 2.10 bits per heavy atom. The summed E-state index contributed by atoms with van der Waals surface area (Å²) in [6, 6.07) is 6.36. The lowest BCUT2D eigenvalue weighted by Crippen LogP contribution is -2.50. The molecular weight excluding hydrogens is 257 g/mol. The van der Waals surface area contributed by atoms with Crippen LogP contribution in [0.25, 0.3) is 0 Å². The second-order valence-electron chi connectivity index (χ2n) is 5.88. The van der Waals surface area contributed by atoms with E-state index in [4.69, 9.17) is 4.74 Å². The van der Waals surface area contributed by atoms with Gasteiger partial charge >= 0.3 is 0 Å². The fourth-order valence-electron chi connectivity index (χ4n) is 3.10. The highest BCUT2D eigenvalue weighted by Gasteiger charge is 2.45. The van der Waals surface area contributed by atoms with Crippen molar-refractivity contribution < 1.29 is 13.9 Å². The molecule has 0 aromatic heterocycles. The van der Waals surface area contributed by atoms with Crippen molar-refractivity contribution in [2.24, 2.45) is 5.92 Å². The van der Waals surface area contributed by atoms with Crippen LogP contribution in [0.3, 0.4) is 0 Å². The van der Waals surface area contributed by atoms with Gasteiger partial charge in [0.2, 0.25) is 5.91 Å². The van der Waals surface area contributed by atoms with Gasteiger partial charge in [-0.1, -0.05) is 18.6 Å². The topological polar surface area (TPSA) is 38.3 Å². The third-order valence-electron chi connectivity index (χ3n) is 4.61. The summed E-state index contributed by atoms with van der Waals surface area (Å²) in [7, 11) is 0. The molecule has 1 saturated heterocycles. The van der Waals surface area contributed by atoms with Gasteiger partial charge in [-0.05, 0) is 37.0 Å². The second kappa shape index (κ2) is 5.52. The van der Waals surface area contributed by atoms with Gasteiger partial charge in [-0.15, -0.1) is 0 Å². The van der Waals surface area contributed by atoms with Crippen LogP contribution in [0.2, 0.25) is 0 Å². The number of amides is 1. The van der Waals surface area contributed by atoms with Crippen LogP contribution in [-0.4, -0.2) is 25.7 Å². The molecule has 1 heterocycles. The lowest BCUT2D eigenvalue weighted by Gasteiger charge is -2.41. The molecule has 1 amide bonds. The summed E-state index contributed by atoms with van der Waals surface area (Å²) in [6.07, 6.45) is 3.78. The minimum absolute atomic E-state index is 0.0854. The number of nitrogens with one attached hydrogen (secondary N) is 1. The van der Waals surface area contributed by atoms with Gasteiger partial charge in [-0.3, -0.25) is 4.79 Å². The Balaban J connectivity index is 1.68. The van der Waals surface area contributed by atoms with Gasteiger partial charge in [-0.25, -0.2) is 4.39 Å². The first-order valence-corrected chi connectivity index (χ1v) is 7.33. The van der Waals surface area contributed by atoms with Gasteiger partial charge in [0.25, 0.3) is 0 Å². The average molecular weight is 277 g/mol. The van der Waals surface area contributed by atoms with Crippen molar-refractivity contribution in [2.75, 3.05) is 19.8 Å². The van der Waals surface area contributed by atoms with E-state index in [2.05, 4.69) is 5.32 Å². The Bertz CT molecular complexity index is 476. The van der Waals surface area contributed by atoms with Crippen LogP contribution < -0.4 is 5.32 Å². The molecule has 0 radical (unpaired) electrons. The first-order chi connectivity index (χ1) is 9.71. The molecule has 0 bridgehead atoms. The molecule has 3 nitrogen and oxygen atoms in total. The fraction of sp³-hybridized carbons (Fsp3) is 0.562. The summed E-state index contributed by atoms with van der Waals surface area (Å²) in [5.74, 6) is 0.262. The average Bonchev–Trinajstić information content (AvgIpc) is 2.90. The van der Waals surface area contributed by atoms with Crippen molar-refractivity contribution in [3.63, 3.8) is 0 Å². The molecule has 2 fully saturated rings. The molecule has 1 aromatic carbocycles. The largest absolute Gasteiger partial charge is 0.381 e. The summed E-state index contributed by atoms with van der Waals surface area (Å²) in [6.45, 7) is 2.22. The van der Waals surface area contributed by atoms with Crippen LogP contribution in [0.15, 0.2) is 24.3 Å². The van der Waals surface area contributed by atoms with Crippen LogP contribution in [0.4, 0.5) is 4.39 Å². The van der Waals surface area contributed by atoms with E-state index in [1.165, 1.54) is 12.1 Å². The predicted octanol–water partition coefficient (Wildman–Crippen LogP) is 2.40. The molecule has 1 aliphatic heterocycles. The van der Waals surface area contributed by atoms with Crippen LogP contribution in [-0.2, 0) is 14.9 Å². The normalized spacial score (nSPS) is 24.1. The minimum atomic E-state index is -0.437. The lowest BCUT2D eigenvalue weighted by molar-refractivity contribution is -0.130. The lowest BCUT2D eigenvalue weighted by atomic mass is 9.64. The zero-order chi connectivity index (χ0) is 14.0. The number of rotatable bonds is 4. The number of hydrogen-bond donors (Lipinski definition) is 1. The SMILES string of the molecule is O=C(NC[C@@H]1CCOC1)C1(c2ccc(F)cc2)CCC1. The van der Waals surface area contributed by atoms with E-state index in [1.54, 1.807) is 12.1 Å². The fourth-order valence-corrected chi connectivity index (χ4v) is 3.10. The van der Waals surface area contributed by atoms with E-state index >= 15 is 0 Å². The Hall–Kier alpha value is -1.42. The highest BCUT2D eigenvalue weighted by atomic mass is 19.1. The van der Waals surface area contributed by atoms with Crippen molar-refractivity contribution in [2.45, 2.75) is 31.1 Å². The van der Waals surface area contributed by atoms with Crippen molar-refractivity contribution in [3.05, 3.63) is 35.6 Å². The summed E-state index contributed by atoms with van der Waals surface area (Å²) < 4.78 is 18.4. The minimum Gasteiger partial charge on any atom is -0.381 e. The number of carbonyl (C=O) groups excluding carboxylic acids is 1. The Labute approximate surface area is 118 Å². The standard InChI is InChI=1S/C16H20FNO2/c17-14-4-2-13(3-5-14)16(7-1-8-16)15(19)18-10-12-6-9-20-11-12/h2-5,12H,1,6-11H2,(H,18,19)/t12-/m0/s1. The third kappa shape index (κ3) is 2.44. The van der Waals surface area contributed by atoms with E-state index < -0.39 is 5.41 Å². The van der Waals surface area contributed by atoms with E-state index in [0.717, 1.165) is 44.5 Å². The van der Waals surface area contributed by atoms with Crippen molar-refractivity contribution in [1.82, 2.24) is 5.32 Å². The highest BCUT2D eigenvalue weighted by Crippen LogP contribution is 2.44. The molecule has 1 aliphatic carbocycles. The number of carbonyl (C=O) groups is 1. The molecule has 0 unspecified atom stereocenters. The van der Waals surface area contributed by atoms with E-state index in [1.807, 2.05) is 0 Å². The van der Waals surface area contributed by atoms with Crippen LogP contribution in [0.1, 0.15) is 31.2 Å². The number of hydrogen-bond acceptors (Lipinski definition) is 2. The maximum absolute atomic E-state index is 13.0. The smallest absolute Gasteiger partial charge is 0.230 e. The molecule has 1 aromatic rings. The molecule has 1 N–H and O–H groups in total. The van der Waals surface area contributed by atoms with Gasteiger partial charge in [-0.2, -0.15) is 0 Å². The molecule has 0 spiro atoms. The van der Waals surface area contributed by atoms with E-state index in [-0.39, 0.29) is 11.7 Å². The Kier molecular flexibility index (Phi) is 3.74. The monoisotopic (exact) mass is 277 g/mol. The van der Waals surface area contributed by atoms with Crippen LogP contribution >= 0.6 is 0 Å². The van der Waals surface area contributed by atoms with Gasteiger partial charge < -0.3 is 10.1 Å². The molecule has 2 aliphatic rings. The maximum Gasteiger partial charge on any atom is 0.230 e. The number of halogens is 1. The van der Waals surface area contributed by atoms with E-state index in [9.17, 15) is 9.18 Å². The van der Waals surface area contributed by atoms with Crippen LogP contribution in [0.5, 0.6) is 0 Å². The summed E-state index contributed by atoms with van der Waals surface area (Å²) in [5, 5.41) is 3.07. The number of ether oxygens (including phenoxy) is 1. The van der Waals surface area contributed by atoms with Gasteiger partial charge in [0.1, 0.15) is 5.82 Å². The molecular formula is C16H20FNO2. The second-order valence-corrected chi connectivity index (χ2v) is 5.88. The first-order valence-electron chi connectivity index (χ1n) is 7.33. The van der Waals surface area contributed by atoms with Crippen LogP contribution in [0, 0.1) is 11.7 Å². The Morgan fingerprint density at radius 1 is 1.35 bits per heavy atom. The predicted molar refractivity (Wildman–Crippen MR) is 73.9 cm³/mol. The van der Waals surface area contributed by atoms with Gasteiger partial charge in [0.15, 0.2) is 0 Å².